The van der Waals surface area contributed by atoms with Gasteiger partial charge >= 0.3 is 0 Å². The average molecular weight is 518 g/mol. The molecule has 0 spiro atoms. The number of nitrogens with one attached hydrogen (secondary N) is 1. The lowest BCUT2D eigenvalue weighted by molar-refractivity contribution is -0.134. The second-order valence-electron chi connectivity index (χ2n) is 8.73. The van der Waals surface area contributed by atoms with Crippen LogP contribution in [0.2, 0.25) is 0 Å². The molecule has 1 amide bonds. The molecule has 38 heavy (non-hydrogen) atoms. The summed E-state index contributed by atoms with van der Waals surface area (Å²) in [5.41, 5.74) is 1.86. The van der Waals surface area contributed by atoms with Crippen LogP contribution in [0.5, 0.6) is 0 Å². The highest BCUT2D eigenvalue weighted by Gasteiger charge is 2.16. The molecular formula is C28H28FN5O4. The first-order valence-electron chi connectivity index (χ1n) is 11.9. The van der Waals surface area contributed by atoms with Crippen molar-refractivity contribution in [2.45, 2.75) is 39.7 Å². The van der Waals surface area contributed by atoms with Crippen molar-refractivity contribution in [3.05, 3.63) is 95.6 Å². The normalized spacial score (nSPS) is 10.4. The third-order valence-corrected chi connectivity index (χ3v) is 5.27. The minimum atomic E-state index is -0.833. The number of halogens is 1. The number of amides is 1. The molecule has 2 aromatic heterocycles. The number of benzene rings is 2. The van der Waals surface area contributed by atoms with Gasteiger partial charge in [0.25, 0.3) is 11.9 Å². The standard InChI is InChI=1S/C26H24FN5O2.C2H4O2/c1-17(2)32-16-28-31-25(32)23-9-6-10-24(29-23)30-26(34)21-15-19(11-12-22(21)27)14-20(33)13-18-7-4-3-5-8-18;1-2(3)4/h3-12,15-17H,13-14H2,1-2H3,(H,29,30,34);1H3,(H,3,4). The summed E-state index contributed by atoms with van der Waals surface area (Å²) in [6, 6.07) is 18.8. The highest BCUT2D eigenvalue weighted by Crippen LogP contribution is 2.21. The molecule has 10 heteroatoms. The van der Waals surface area contributed by atoms with E-state index in [1.807, 2.05) is 48.7 Å². The van der Waals surface area contributed by atoms with Crippen LogP contribution in [-0.2, 0) is 22.4 Å². The summed E-state index contributed by atoms with van der Waals surface area (Å²) in [6.07, 6.45) is 2.00. The summed E-state index contributed by atoms with van der Waals surface area (Å²) in [5, 5.41) is 18.1. The Labute approximate surface area is 219 Å². The molecule has 0 radical (unpaired) electrons. The van der Waals surface area contributed by atoms with Gasteiger partial charge in [0.15, 0.2) is 5.82 Å². The monoisotopic (exact) mass is 517 g/mol. The third kappa shape index (κ3) is 7.89. The molecule has 4 aromatic rings. The van der Waals surface area contributed by atoms with E-state index >= 15 is 0 Å². The molecule has 0 unspecified atom stereocenters. The zero-order valence-electron chi connectivity index (χ0n) is 21.3. The second-order valence-corrected chi connectivity index (χ2v) is 8.73. The van der Waals surface area contributed by atoms with Gasteiger partial charge in [-0.05, 0) is 49.2 Å². The van der Waals surface area contributed by atoms with Gasteiger partial charge in [0.2, 0.25) is 0 Å². The van der Waals surface area contributed by atoms with Gasteiger partial charge in [-0.15, -0.1) is 10.2 Å². The number of hydrogen-bond donors (Lipinski definition) is 2. The maximum atomic E-state index is 14.5. The van der Waals surface area contributed by atoms with Gasteiger partial charge in [-0.2, -0.15) is 0 Å². The van der Waals surface area contributed by atoms with Gasteiger partial charge in [0, 0.05) is 25.8 Å². The molecule has 0 aliphatic rings. The number of pyridine rings is 1. The van der Waals surface area contributed by atoms with Crippen LogP contribution >= 0.6 is 0 Å². The molecule has 196 valence electrons. The van der Waals surface area contributed by atoms with Crippen LogP contribution < -0.4 is 5.32 Å². The van der Waals surface area contributed by atoms with Crippen molar-refractivity contribution in [3.63, 3.8) is 0 Å². The van der Waals surface area contributed by atoms with E-state index in [1.54, 1.807) is 24.5 Å². The Bertz CT molecular complexity index is 1420. The number of carbonyl (C=O) groups is 3. The van der Waals surface area contributed by atoms with Crippen molar-refractivity contribution >= 4 is 23.5 Å². The van der Waals surface area contributed by atoms with Gasteiger partial charge in [-0.1, -0.05) is 42.5 Å². The van der Waals surface area contributed by atoms with Gasteiger partial charge in [-0.3, -0.25) is 14.4 Å². The van der Waals surface area contributed by atoms with Crippen molar-refractivity contribution in [2.24, 2.45) is 0 Å². The number of carboxylic acids is 1. The van der Waals surface area contributed by atoms with Crippen LogP contribution in [0.4, 0.5) is 10.2 Å². The van der Waals surface area contributed by atoms with Crippen LogP contribution in [0, 0.1) is 5.82 Å². The zero-order chi connectivity index (χ0) is 27.7. The Morgan fingerprint density at radius 1 is 0.974 bits per heavy atom. The second kappa shape index (κ2) is 13.0. The Balaban J connectivity index is 0.000000934. The Morgan fingerprint density at radius 2 is 1.66 bits per heavy atom. The molecule has 0 saturated heterocycles. The molecule has 2 N–H and O–H groups in total. The van der Waals surface area contributed by atoms with E-state index in [0.717, 1.165) is 12.5 Å². The van der Waals surface area contributed by atoms with Crippen LogP contribution in [0.25, 0.3) is 11.5 Å². The third-order valence-electron chi connectivity index (χ3n) is 5.27. The number of ketones is 1. The summed E-state index contributed by atoms with van der Waals surface area (Å²) in [5.74, 6) is -1.35. The van der Waals surface area contributed by atoms with Crippen LogP contribution in [0.1, 0.15) is 48.3 Å². The molecule has 2 aromatic carbocycles. The topological polar surface area (TPSA) is 127 Å². The minimum Gasteiger partial charge on any atom is -0.481 e. The molecule has 0 atom stereocenters. The van der Waals surface area contributed by atoms with E-state index in [9.17, 15) is 14.0 Å². The molecule has 4 rings (SSSR count). The first kappa shape index (κ1) is 27.9. The number of aromatic nitrogens is 4. The van der Waals surface area contributed by atoms with E-state index in [4.69, 9.17) is 9.90 Å². The lowest BCUT2D eigenvalue weighted by atomic mass is 10.0. The number of nitrogens with zero attached hydrogens (tertiary/aromatic N) is 4. The fourth-order valence-corrected chi connectivity index (χ4v) is 3.59. The number of anilines is 1. The van der Waals surface area contributed by atoms with Crippen molar-refractivity contribution in [2.75, 3.05) is 5.32 Å². The van der Waals surface area contributed by atoms with Gasteiger partial charge in [0.05, 0.1) is 5.56 Å². The van der Waals surface area contributed by atoms with E-state index in [0.29, 0.717) is 17.1 Å². The van der Waals surface area contributed by atoms with E-state index in [-0.39, 0.29) is 36.0 Å². The van der Waals surface area contributed by atoms with E-state index in [2.05, 4.69) is 20.5 Å². The summed E-state index contributed by atoms with van der Waals surface area (Å²) >= 11 is 0. The summed E-state index contributed by atoms with van der Waals surface area (Å²) < 4.78 is 16.3. The number of rotatable bonds is 8. The maximum Gasteiger partial charge on any atom is 0.300 e. The molecule has 0 fully saturated rings. The van der Waals surface area contributed by atoms with Crippen LogP contribution in [-0.4, -0.2) is 42.5 Å². The zero-order valence-corrected chi connectivity index (χ0v) is 21.3. The molecule has 9 nitrogen and oxygen atoms in total. The Morgan fingerprint density at radius 3 is 2.34 bits per heavy atom. The quantitative estimate of drug-likeness (QED) is 0.345. The molecule has 0 aliphatic heterocycles. The van der Waals surface area contributed by atoms with Gasteiger partial charge in [-0.25, -0.2) is 9.37 Å². The van der Waals surface area contributed by atoms with Crippen LogP contribution in [0.15, 0.2) is 73.1 Å². The minimum absolute atomic E-state index is 0.0206. The molecular weight excluding hydrogens is 489 g/mol. The smallest absolute Gasteiger partial charge is 0.300 e. The van der Waals surface area contributed by atoms with Crippen molar-refractivity contribution < 1.29 is 23.9 Å². The number of carbonyl (C=O) groups excluding carboxylic acids is 2. The molecule has 0 aliphatic carbocycles. The summed E-state index contributed by atoms with van der Waals surface area (Å²) in [4.78, 5) is 38.7. The number of aliphatic carboxylic acids is 1. The van der Waals surface area contributed by atoms with Gasteiger partial charge < -0.3 is 15.0 Å². The first-order chi connectivity index (χ1) is 18.1. The largest absolute Gasteiger partial charge is 0.481 e. The fourth-order valence-electron chi connectivity index (χ4n) is 3.59. The number of carboxylic acid groups (broad SMARTS) is 1. The molecule has 0 bridgehead atoms. The lowest BCUT2D eigenvalue weighted by Gasteiger charge is -2.11. The van der Waals surface area contributed by atoms with E-state index in [1.165, 1.54) is 18.2 Å². The summed E-state index contributed by atoms with van der Waals surface area (Å²) in [6.45, 7) is 5.08. The SMILES string of the molecule is CC(=O)O.CC(C)n1cnnc1-c1cccc(NC(=O)c2cc(CC(=O)Cc3ccccc3)ccc2F)n1. The maximum absolute atomic E-state index is 14.5. The Kier molecular flexibility index (Phi) is 9.53. The number of hydrogen-bond acceptors (Lipinski definition) is 6. The molecule has 2 heterocycles. The molecule has 0 saturated carbocycles. The fraction of sp³-hybridized carbons (Fsp3) is 0.214. The Hall–Kier alpha value is -4.73. The van der Waals surface area contributed by atoms with Crippen molar-refractivity contribution in [1.29, 1.82) is 0 Å². The highest BCUT2D eigenvalue weighted by atomic mass is 19.1. The predicted octanol–water partition coefficient (Wildman–Crippen LogP) is 4.76. The highest BCUT2D eigenvalue weighted by molar-refractivity contribution is 6.04. The number of Topliss-reactive ketones (excluding diaryl/α,β-unsaturated/α-hetero) is 1. The predicted molar refractivity (Wildman–Crippen MR) is 140 cm³/mol. The average Bonchev–Trinajstić information content (AvgIpc) is 3.36. The van der Waals surface area contributed by atoms with Crippen molar-refractivity contribution in [1.82, 2.24) is 19.7 Å². The van der Waals surface area contributed by atoms with Crippen molar-refractivity contribution in [3.8, 4) is 11.5 Å². The summed E-state index contributed by atoms with van der Waals surface area (Å²) in [7, 11) is 0. The van der Waals surface area contributed by atoms with Crippen LogP contribution in [0.3, 0.4) is 0 Å². The first-order valence-corrected chi connectivity index (χ1v) is 11.9. The lowest BCUT2D eigenvalue weighted by Crippen LogP contribution is -2.16. The van der Waals surface area contributed by atoms with E-state index < -0.39 is 17.7 Å². The van der Waals surface area contributed by atoms with Gasteiger partial charge in [0.1, 0.15) is 29.4 Å².